The van der Waals surface area contributed by atoms with Gasteiger partial charge in [0.05, 0.1) is 32.5 Å². The van der Waals surface area contributed by atoms with Gasteiger partial charge in [-0.1, -0.05) is 29.8 Å². The van der Waals surface area contributed by atoms with Gasteiger partial charge in [0.1, 0.15) is 0 Å². The lowest BCUT2D eigenvalue weighted by atomic mass is 10.1. The van der Waals surface area contributed by atoms with Crippen molar-refractivity contribution in [1.29, 1.82) is 0 Å². The third kappa shape index (κ3) is 4.43. The van der Waals surface area contributed by atoms with Crippen molar-refractivity contribution in [2.75, 3.05) is 31.6 Å². The predicted octanol–water partition coefficient (Wildman–Crippen LogP) is 2.91. The SMILES string of the molecule is Cc1ccc(C(=O)Nc2cccc(C=NN3CCOCC3)c2)cc1. The van der Waals surface area contributed by atoms with E-state index in [1.165, 1.54) is 0 Å². The Morgan fingerprint density at radius 1 is 1.17 bits per heavy atom. The molecule has 124 valence electrons. The molecule has 3 rings (SSSR count). The molecule has 1 aliphatic heterocycles. The minimum atomic E-state index is -0.114. The van der Waals surface area contributed by atoms with E-state index in [9.17, 15) is 4.79 Å². The Hall–Kier alpha value is -2.66. The van der Waals surface area contributed by atoms with Crippen molar-refractivity contribution in [2.24, 2.45) is 5.10 Å². The van der Waals surface area contributed by atoms with Crippen LogP contribution in [0.1, 0.15) is 21.5 Å². The number of nitrogens with zero attached hydrogens (tertiary/aromatic N) is 2. The maximum Gasteiger partial charge on any atom is 0.255 e. The summed E-state index contributed by atoms with van der Waals surface area (Å²) in [6, 6.07) is 15.2. The number of hydrogen-bond acceptors (Lipinski definition) is 4. The molecule has 1 fully saturated rings. The van der Waals surface area contributed by atoms with Crippen LogP contribution < -0.4 is 5.32 Å². The number of anilines is 1. The largest absolute Gasteiger partial charge is 0.378 e. The molecule has 1 aliphatic rings. The second-order valence-electron chi connectivity index (χ2n) is 5.76. The summed E-state index contributed by atoms with van der Waals surface area (Å²) in [7, 11) is 0. The van der Waals surface area contributed by atoms with Gasteiger partial charge < -0.3 is 10.1 Å². The Labute approximate surface area is 141 Å². The molecule has 1 saturated heterocycles. The monoisotopic (exact) mass is 323 g/mol. The topological polar surface area (TPSA) is 53.9 Å². The maximum atomic E-state index is 12.3. The lowest BCUT2D eigenvalue weighted by Crippen LogP contribution is -2.32. The summed E-state index contributed by atoms with van der Waals surface area (Å²) in [5.74, 6) is -0.114. The highest BCUT2D eigenvalue weighted by atomic mass is 16.5. The molecule has 24 heavy (non-hydrogen) atoms. The van der Waals surface area contributed by atoms with Crippen LogP contribution in [0.4, 0.5) is 5.69 Å². The van der Waals surface area contributed by atoms with Crippen molar-refractivity contribution in [3.63, 3.8) is 0 Å². The van der Waals surface area contributed by atoms with E-state index < -0.39 is 0 Å². The third-order valence-corrected chi connectivity index (χ3v) is 3.82. The van der Waals surface area contributed by atoms with Crippen molar-refractivity contribution < 1.29 is 9.53 Å². The van der Waals surface area contributed by atoms with E-state index in [-0.39, 0.29) is 5.91 Å². The summed E-state index contributed by atoms with van der Waals surface area (Å²) < 4.78 is 5.30. The summed E-state index contributed by atoms with van der Waals surface area (Å²) >= 11 is 0. The summed E-state index contributed by atoms with van der Waals surface area (Å²) in [6.07, 6.45) is 1.81. The highest BCUT2D eigenvalue weighted by molar-refractivity contribution is 6.04. The fourth-order valence-electron chi connectivity index (χ4n) is 2.42. The number of carbonyl (C=O) groups excluding carboxylic acids is 1. The van der Waals surface area contributed by atoms with Gasteiger partial charge in [-0.15, -0.1) is 0 Å². The highest BCUT2D eigenvalue weighted by Crippen LogP contribution is 2.12. The number of benzene rings is 2. The van der Waals surface area contributed by atoms with E-state index in [2.05, 4.69) is 10.4 Å². The van der Waals surface area contributed by atoms with Gasteiger partial charge in [-0.05, 0) is 36.8 Å². The smallest absolute Gasteiger partial charge is 0.255 e. The van der Waals surface area contributed by atoms with Gasteiger partial charge in [0.25, 0.3) is 5.91 Å². The van der Waals surface area contributed by atoms with Gasteiger partial charge in [-0.2, -0.15) is 5.10 Å². The highest BCUT2D eigenvalue weighted by Gasteiger charge is 2.07. The number of aryl methyl sites for hydroxylation is 1. The van der Waals surface area contributed by atoms with Gasteiger partial charge in [0, 0.05) is 11.3 Å². The molecular weight excluding hydrogens is 302 g/mol. The van der Waals surface area contributed by atoms with Crippen molar-refractivity contribution in [3.8, 4) is 0 Å². The summed E-state index contributed by atoms with van der Waals surface area (Å²) in [4.78, 5) is 12.3. The first-order chi connectivity index (χ1) is 11.7. The first kappa shape index (κ1) is 16.2. The zero-order chi connectivity index (χ0) is 16.8. The fourth-order valence-corrected chi connectivity index (χ4v) is 2.42. The average molecular weight is 323 g/mol. The molecule has 0 bridgehead atoms. The quantitative estimate of drug-likeness (QED) is 0.880. The first-order valence-corrected chi connectivity index (χ1v) is 8.05. The van der Waals surface area contributed by atoms with Crippen molar-refractivity contribution >= 4 is 17.8 Å². The molecular formula is C19H21N3O2. The lowest BCUT2D eigenvalue weighted by molar-refractivity contribution is 0.0397. The summed E-state index contributed by atoms with van der Waals surface area (Å²) in [5.41, 5.74) is 3.48. The molecule has 0 aromatic heterocycles. The molecule has 2 aromatic carbocycles. The zero-order valence-corrected chi connectivity index (χ0v) is 13.7. The van der Waals surface area contributed by atoms with Crippen LogP contribution in [0, 0.1) is 6.92 Å². The van der Waals surface area contributed by atoms with E-state index in [0.29, 0.717) is 18.8 Å². The minimum Gasteiger partial charge on any atom is -0.378 e. The Balaban J connectivity index is 1.65. The number of morpholine rings is 1. The van der Waals surface area contributed by atoms with Crippen molar-refractivity contribution in [2.45, 2.75) is 6.92 Å². The van der Waals surface area contributed by atoms with Crippen LogP contribution in [-0.2, 0) is 4.74 Å². The van der Waals surface area contributed by atoms with Crippen LogP contribution >= 0.6 is 0 Å². The molecule has 0 atom stereocenters. The number of nitrogens with one attached hydrogen (secondary N) is 1. The van der Waals surface area contributed by atoms with Gasteiger partial charge >= 0.3 is 0 Å². The molecule has 1 N–H and O–H groups in total. The number of amides is 1. The molecule has 0 spiro atoms. The van der Waals surface area contributed by atoms with E-state index in [0.717, 1.165) is 29.9 Å². The van der Waals surface area contributed by atoms with E-state index >= 15 is 0 Å². The summed E-state index contributed by atoms with van der Waals surface area (Å²) in [5, 5.41) is 9.37. The van der Waals surface area contributed by atoms with Crippen LogP contribution in [0.5, 0.6) is 0 Å². The van der Waals surface area contributed by atoms with Gasteiger partial charge in [-0.25, -0.2) is 0 Å². The van der Waals surface area contributed by atoms with Crippen LogP contribution in [-0.4, -0.2) is 43.4 Å². The Morgan fingerprint density at radius 3 is 2.67 bits per heavy atom. The second kappa shape index (κ2) is 7.75. The molecule has 1 heterocycles. The third-order valence-electron chi connectivity index (χ3n) is 3.82. The first-order valence-electron chi connectivity index (χ1n) is 8.05. The van der Waals surface area contributed by atoms with Crippen LogP contribution in [0.3, 0.4) is 0 Å². The second-order valence-corrected chi connectivity index (χ2v) is 5.76. The van der Waals surface area contributed by atoms with Crippen molar-refractivity contribution in [1.82, 2.24) is 5.01 Å². The molecule has 1 amide bonds. The fraction of sp³-hybridized carbons (Fsp3) is 0.263. The minimum absolute atomic E-state index is 0.114. The van der Waals surface area contributed by atoms with Crippen LogP contribution in [0.25, 0.3) is 0 Å². The zero-order valence-electron chi connectivity index (χ0n) is 13.7. The van der Waals surface area contributed by atoms with Gasteiger partial charge in [0.2, 0.25) is 0 Å². The number of carbonyl (C=O) groups is 1. The van der Waals surface area contributed by atoms with Gasteiger partial charge in [0.15, 0.2) is 0 Å². The number of hydrogen-bond donors (Lipinski definition) is 1. The Kier molecular flexibility index (Phi) is 5.23. The lowest BCUT2D eigenvalue weighted by Gasteiger charge is -2.23. The molecule has 2 aromatic rings. The van der Waals surface area contributed by atoms with E-state index in [4.69, 9.17) is 4.74 Å². The number of hydrazone groups is 1. The number of rotatable bonds is 4. The van der Waals surface area contributed by atoms with E-state index in [1.807, 2.05) is 66.7 Å². The number of ether oxygens (including phenoxy) is 1. The molecule has 5 heteroatoms. The molecule has 0 radical (unpaired) electrons. The standard InChI is InChI=1S/C19H21N3O2/c1-15-5-7-17(8-6-15)19(23)21-18-4-2-3-16(13-18)14-20-22-9-11-24-12-10-22/h2-8,13-14H,9-12H2,1H3,(H,21,23). The van der Waals surface area contributed by atoms with E-state index in [1.54, 1.807) is 0 Å². The Morgan fingerprint density at radius 2 is 1.92 bits per heavy atom. The molecule has 0 unspecified atom stereocenters. The molecule has 0 aliphatic carbocycles. The Bertz CT molecular complexity index is 720. The predicted molar refractivity (Wildman–Crippen MR) is 95.6 cm³/mol. The van der Waals surface area contributed by atoms with Gasteiger partial charge in [-0.3, -0.25) is 9.80 Å². The van der Waals surface area contributed by atoms with Crippen molar-refractivity contribution in [3.05, 3.63) is 65.2 Å². The maximum absolute atomic E-state index is 12.3. The molecule has 0 saturated carbocycles. The summed E-state index contributed by atoms with van der Waals surface area (Å²) in [6.45, 7) is 5.04. The normalized spacial score (nSPS) is 14.8. The average Bonchev–Trinajstić information content (AvgIpc) is 2.62. The molecule has 5 nitrogen and oxygen atoms in total. The van der Waals surface area contributed by atoms with Crippen LogP contribution in [0.15, 0.2) is 53.6 Å². The van der Waals surface area contributed by atoms with Crippen LogP contribution in [0.2, 0.25) is 0 Å².